The molecule has 1 aromatic heterocycles. The second kappa shape index (κ2) is 5.47. The van der Waals surface area contributed by atoms with Gasteiger partial charge in [-0.25, -0.2) is 0 Å². The third-order valence-electron chi connectivity index (χ3n) is 3.77. The van der Waals surface area contributed by atoms with Gasteiger partial charge in [-0.1, -0.05) is 6.58 Å². The van der Waals surface area contributed by atoms with Crippen molar-refractivity contribution in [1.82, 2.24) is 4.57 Å². The number of hydrogen-bond acceptors (Lipinski definition) is 3. The Hall–Kier alpha value is -2.77. The van der Waals surface area contributed by atoms with E-state index < -0.39 is 0 Å². The Labute approximate surface area is 118 Å². The average Bonchev–Trinajstić information content (AvgIpc) is 2.76. The number of nitrogens with zero attached hydrogens (tertiary/aromatic N) is 4. The van der Waals surface area contributed by atoms with Crippen molar-refractivity contribution in [2.24, 2.45) is 0 Å². The lowest BCUT2D eigenvalue weighted by molar-refractivity contribution is 0.666. The van der Waals surface area contributed by atoms with Crippen LogP contribution in [0.25, 0.3) is 11.8 Å². The molecule has 0 unspecified atom stereocenters. The van der Waals surface area contributed by atoms with Crippen LogP contribution < -0.4 is 0 Å². The molecule has 4 heteroatoms. The zero-order valence-corrected chi connectivity index (χ0v) is 11.4. The quantitative estimate of drug-likeness (QED) is 0.768. The fourth-order valence-electron chi connectivity index (χ4n) is 2.92. The summed E-state index contributed by atoms with van der Waals surface area (Å²) < 4.78 is 1.98. The minimum Gasteiger partial charge on any atom is -0.325 e. The highest BCUT2D eigenvalue weighted by Gasteiger charge is 2.25. The van der Waals surface area contributed by atoms with Crippen molar-refractivity contribution in [1.29, 1.82) is 15.8 Å². The molecule has 1 aliphatic carbocycles. The molecule has 20 heavy (non-hydrogen) atoms. The molecule has 1 heterocycles. The van der Waals surface area contributed by atoms with E-state index >= 15 is 0 Å². The minimum absolute atomic E-state index is 0.120. The highest BCUT2D eigenvalue weighted by Crippen LogP contribution is 2.35. The topological polar surface area (TPSA) is 76.3 Å². The van der Waals surface area contributed by atoms with E-state index in [0.717, 1.165) is 48.2 Å². The summed E-state index contributed by atoms with van der Waals surface area (Å²) in [6.45, 7) is 5.72. The first-order chi connectivity index (χ1) is 9.69. The molecule has 0 spiro atoms. The second-order valence-corrected chi connectivity index (χ2v) is 4.73. The fraction of sp³-hybridized carbons (Fsp3) is 0.312. The van der Waals surface area contributed by atoms with Gasteiger partial charge in [0.1, 0.15) is 23.8 Å². The van der Waals surface area contributed by atoms with Gasteiger partial charge >= 0.3 is 0 Å². The van der Waals surface area contributed by atoms with Crippen molar-refractivity contribution in [3.63, 3.8) is 0 Å². The monoisotopic (exact) mass is 262 g/mol. The van der Waals surface area contributed by atoms with Crippen molar-refractivity contribution < 1.29 is 0 Å². The van der Waals surface area contributed by atoms with Gasteiger partial charge in [-0.3, -0.25) is 0 Å². The van der Waals surface area contributed by atoms with Crippen molar-refractivity contribution in [3.05, 3.63) is 34.7 Å². The first kappa shape index (κ1) is 13.7. The standard InChI is InChI=1S/C16H14N4/c1-3-20-11(2)16(13-6-4-5-7-15(13)20)14(10-19)12(8-17)9-18/h3H,1,4-7H2,2H3. The second-order valence-electron chi connectivity index (χ2n) is 4.73. The molecule has 0 radical (unpaired) electrons. The van der Waals surface area contributed by atoms with Crippen LogP contribution in [0.1, 0.15) is 35.4 Å². The van der Waals surface area contributed by atoms with Crippen LogP contribution >= 0.6 is 0 Å². The zero-order valence-electron chi connectivity index (χ0n) is 11.4. The van der Waals surface area contributed by atoms with Gasteiger partial charge in [0.15, 0.2) is 0 Å². The van der Waals surface area contributed by atoms with Crippen LogP contribution in [0.5, 0.6) is 0 Å². The summed E-state index contributed by atoms with van der Waals surface area (Å²) in [7, 11) is 0. The summed E-state index contributed by atoms with van der Waals surface area (Å²) >= 11 is 0. The van der Waals surface area contributed by atoms with Gasteiger partial charge in [-0.2, -0.15) is 15.8 Å². The van der Waals surface area contributed by atoms with Crippen LogP contribution in [-0.4, -0.2) is 4.57 Å². The molecule has 2 rings (SSSR count). The molecule has 0 fully saturated rings. The van der Waals surface area contributed by atoms with Crippen LogP contribution in [0.15, 0.2) is 12.2 Å². The molecule has 0 aromatic carbocycles. The number of allylic oxidation sites excluding steroid dienone is 2. The van der Waals surface area contributed by atoms with E-state index in [0.29, 0.717) is 0 Å². The van der Waals surface area contributed by atoms with Crippen LogP contribution in [0, 0.1) is 40.9 Å². The smallest absolute Gasteiger partial charge is 0.148 e. The average molecular weight is 262 g/mol. The first-order valence-electron chi connectivity index (χ1n) is 6.49. The summed E-state index contributed by atoms with van der Waals surface area (Å²) in [6, 6.07) is 5.68. The number of hydrogen-bond donors (Lipinski definition) is 0. The Bertz CT molecular complexity index is 710. The molecule has 98 valence electrons. The summed E-state index contributed by atoms with van der Waals surface area (Å²) in [5.74, 6) is 0. The van der Waals surface area contributed by atoms with Gasteiger partial charge in [0.25, 0.3) is 0 Å². The molecule has 4 nitrogen and oxygen atoms in total. The van der Waals surface area contributed by atoms with Gasteiger partial charge in [0.2, 0.25) is 0 Å². The Balaban J connectivity index is 2.83. The molecule has 0 bridgehead atoms. The van der Waals surface area contributed by atoms with E-state index in [2.05, 4.69) is 6.58 Å². The zero-order chi connectivity index (χ0) is 14.7. The summed E-state index contributed by atoms with van der Waals surface area (Å²) in [5, 5.41) is 27.5. The molecular weight excluding hydrogens is 248 g/mol. The highest BCUT2D eigenvalue weighted by atomic mass is 15.0. The van der Waals surface area contributed by atoms with Gasteiger partial charge in [-0.15, -0.1) is 0 Å². The van der Waals surface area contributed by atoms with E-state index in [1.807, 2.05) is 29.7 Å². The third kappa shape index (κ3) is 1.91. The van der Waals surface area contributed by atoms with Gasteiger partial charge in [0, 0.05) is 23.2 Å². The van der Waals surface area contributed by atoms with Crippen molar-refractivity contribution in [3.8, 4) is 18.2 Å². The van der Waals surface area contributed by atoms with Crippen molar-refractivity contribution in [2.45, 2.75) is 32.6 Å². The fourth-order valence-corrected chi connectivity index (χ4v) is 2.92. The maximum atomic E-state index is 9.37. The van der Waals surface area contributed by atoms with E-state index in [1.165, 1.54) is 0 Å². The van der Waals surface area contributed by atoms with Crippen molar-refractivity contribution >= 4 is 11.8 Å². The predicted molar refractivity (Wildman–Crippen MR) is 76.0 cm³/mol. The van der Waals surface area contributed by atoms with Crippen LogP contribution in [0.3, 0.4) is 0 Å². The van der Waals surface area contributed by atoms with Gasteiger partial charge < -0.3 is 4.57 Å². The van der Waals surface area contributed by atoms with E-state index in [9.17, 15) is 5.26 Å². The molecule has 0 saturated heterocycles. The first-order valence-corrected chi connectivity index (χ1v) is 6.49. The number of nitriles is 3. The Morgan fingerprint density at radius 3 is 2.35 bits per heavy atom. The summed E-state index contributed by atoms with van der Waals surface area (Å²) in [5.41, 5.74) is 3.94. The number of fused-ring (bicyclic) bond motifs is 1. The molecular formula is C16H14N4. The van der Waals surface area contributed by atoms with E-state index in [4.69, 9.17) is 10.5 Å². The third-order valence-corrected chi connectivity index (χ3v) is 3.77. The molecule has 0 amide bonds. The number of aromatic nitrogens is 1. The van der Waals surface area contributed by atoms with Crippen LogP contribution in [0.2, 0.25) is 0 Å². The maximum Gasteiger partial charge on any atom is 0.148 e. The lowest BCUT2D eigenvalue weighted by Gasteiger charge is -2.14. The lowest BCUT2D eigenvalue weighted by Crippen LogP contribution is -2.05. The molecule has 0 atom stereocenters. The molecule has 0 N–H and O–H groups in total. The summed E-state index contributed by atoms with van der Waals surface area (Å²) in [4.78, 5) is 0. The molecule has 1 aromatic rings. The SMILES string of the molecule is C=Cn1c(C)c(C(C#N)=C(C#N)C#N)c2c1CCCC2. The molecule has 1 aliphatic rings. The van der Waals surface area contributed by atoms with Crippen molar-refractivity contribution in [2.75, 3.05) is 0 Å². The lowest BCUT2D eigenvalue weighted by atomic mass is 9.90. The molecule has 0 saturated carbocycles. The molecule has 0 aliphatic heterocycles. The maximum absolute atomic E-state index is 9.37. The van der Waals surface area contributed by atoms with Gasteiger partial charge in [0.05, 0.1) is 5.57 Å². The minimum atomic E-state index is -0.120. The number of rotatable bonds is 2. The Morgan fingerprint density at radius 2 is 1.80 bits per heavy atom. The van der Waals surface area contributed by atoms with Gasteiger partial charge in [-0.05, 0) is 38.2 Å². The summed E-state index contributed by atoms with van der Waals surface area (Å²) in [6.07, 6.45) is 5.72. The van der Waals surface area contributed by atoms with E-state index in [1.54, 1.807) is 6.20 Å². The van der Waals surface area contributed by atoms with E-state index in [-0.39, 0.29) is 11.1 Å². The predicted octanol–water partition coefficient (Wildman–Crippen LogP) is 3.10. The van der Waals surface area contributed by atoms with Crippen LogP contribution in [0.4, 0.5) is 0 Å². The largest absolute Gasteiger partial charge is 0.325 e. The highest BCUT2D eigenvalue weighted by molar-refractivity contribution is 5.87. The normalized spacial score (nSPS) is 12.5. The Morgan fingerprint density at radius 1 is 1.15 bits per heavy atom. The Kier molecular flexibility index (Phi) is 3.74. The van der Waals surface area contributed by atoms with Crippen LogP contribution in [-0.2, 0) is 12.8 Å².